The van der Waals surface area contributed by atoms with Crippen LogP contribution >= 0.6 is 11.6 Å². The first-order chi connectivity index (χ1) is 9.46. The number of halogens is 2. The quantitative estimate of drug-likeness (QED) is 0.929. The minimum atomic E-state index is -0.972. The zero-order chi connectivity index (χ0) is 14.9. The van der Waals surface area contributed by atoms with Crippen LogP contribution in [0.5, 0.6) is 0 Å². The Balaban J connectivity index is 2.45. The second-order valence-corrected chi connectivity index (χ2v) is 5.63. The maximum atomic E-state index is 14.3. The van der Waals surface area contributed by atoms with Gasteiger partial charge in [0.15, 0.2) is 0 Å². The third kappa shape index (κ3) is 2.31. The molecule has 1 saturated carbocycles. The van der Waals surface area contributed by atoms with Crippen LogP contribution < -0.4 is 0 Å². The van der Waals surface area contributed by atoms with Crippen LogP contribution in [0.4, 0.5) is 4.39 Å². The number of rotatable bonds is 4. The molecule has 1 aliphatic carbocycles. The molecule has 20 heavy (non-hydrogen) atoms. The number of aliphatic hydroxyl groups excluding tert-OH is 1. The van der Waals surface area contributed by atoms with Crippen LogP contribution in [-0.4, -0.2) is 35.1 Å². The second-order valence-electron chi connectivity index (χ2n) is 5.22. The number of likely N-dealkylation sites (N-methyl/N-ethyl adjacent to an activating group) is 1. The molecule has 0 spiro atoms. The van der Waals surface area contributed by atoms with Crippen molar-refractivity contribution in [2.24, 2.45) is 0 Å². The van der Waals surface area contributed by atoms with Crippen LogP contribution in [0, 0.1) is 5.82 Å². The fraction of sp³-hybridized carbons (Fsp3) is 0.533. The molecule has 0 unspecified atom stereocenters. The third-order valence-corrected chi connectivity index (χ3v) is 4.39. The molecule has 0 saturated heterocycles. The first-order valence-electron chi connectivity index (χ1n) is 6.88. The first kappa shape index (κ1) is 15.3. The average molecular weight is 300 g/mol. The lowest BCUT2D eigenvalue weighted by Gasteiger charge is -2.46. The van der Waals surface area contributed by atoms with Gasteiger partial charge in [0, 0.05) is 18.7 Å². The van der Waals surface area contributed by atoms with Crippen molar-refractivity contribution in [3.05, 3.63) is 34.6 Å². The molecule has 0 bridgehead atoms. The number of nitrogens with zero attached hydrogens (tertiary/aromatic N) is 1. The molecule has 1 aromatic rings. The number of carbonyl (C=O) groups excluding carboxylic acids is 1. The molecule has 110 valence electrons. The number of amides is 1. The minimum Gasteiger partial charge on any atom is -0.393 e. The van der Waals surface area contributed by atoms with E-state index in [1.54, 1.807) is 17.0 Å². The van der Waals surface area contributed by atoms with Gasteiger partial charge in [-0.15, -0.1) is 0 Å². The Morgan fingerprint density at radius 1 is 1.45 bits per heavy atom. The van der Waals surface area contributed by atoms with Crippen LogP contribution in [0.15, 0.2) is 18.2 Å². The topological polar surface area (TPSA) is 40.5 Å². The summed E-state index contributed by atoms with van der Waals surface area (Å²) in [7, 11) is 0. The first-order valence-corrected chi connectivity index (χ1v) is 7.26. The van der Waals surface area contributed by atoms with E-state index in [0.29, 0.717) is 18.7 Å². The third-order valence-electron chi connectivity index (χ3n) is 4.10. The number of hydrogen-bond donors (Lipinski definition) is 1. The molecule has 0 atom stereocenters. The van der Waals surface area contributed by atoms with Gasteiger partial charge in [0.25, 0.3) is 0 Å². The highest BCUT2D eigenvalue weighted by molar-refractivity contribution is 6.30. The van der Waals surface area contributed by atoms with E-state index in [1.807, 2.05) is 13.8 Å². The van der Waals surface area contributed by atoms with Gasteiger partial charge in [0.2, 0.25) is 5.91 Å². The smallest absolute Gasteiger partial charge is 0.233 e. The van der Waals surface area contributed by atoms with Gasteiger partial charge in [-0.25, -0.2) is 4.39 Å². The molecule has 0 aliphatic heterocycles. The number of aliphatic hydroxyl groups is 1. The Labute approximate surface area is 123 Å². The Hall–Kier alpha value is -1.13. The monoisotopic (exact) mass is 299 g/mol. The summed E-state index contributed by atoms with van der Waals surface area (Å²) < 4.78 is 14.3. The van der Waals surface area contributed by atoms with Gasteiger partial charge >= 0.3 is 0 Å². The highest BCUT2D eigenvalue weighted by atomic mass is 35.5. The SMILES string of the molecule is CCN(CC)C(=O)C1(c2cccc(Cl)c2F)CC(O)C1. The van der Waals surface area contributed by atoms with E-state index in [0.717, 1.165) is 0 Å². The molecular formula is C15H19ClFNO2. The van der Waals surface area contributed by atoms with E-state index >= 15 is 0 Å². The van der Waals surface area contributed by atoms with Gasteiger partial charge in [-0.05, 0) is 32.8 Å². The molecule has 0 aromatic heterocycles. The van der Waals surface area contributed by atoms with E-state index in [9.17, 15) is 14.3 Å². The molecule has 1 aliphatic rings. The van der Waals surface area contributed by atoms with E-state index in [2.05, 4.69) is 0 Å². The zero-order valence-electron chi connectivity index (χ0n) is 11.7. The lowest BCUT2D eigenvalue weighted by Crippen LogP contribution is -2.56. The summed E-state index contributed by atoms with van der Waals surface area (Å²) in [5.41, 5.74) is -0.673. The predicted octanol–water partition coefficient (Wildman–Crippen LogP) is 2.74. The molecule has 1 fully saturated rings. The fourth-order valence-corrected chi connectivity index (χ4v) is 3.12. The van der Waals surface area contributed by atoms with Crippen LogP contribution in [0.3, 0.4) is 0 Å². The van der Waals surface area contributed by atoms with Crippen molar-refractivity contribution in [3.63, 3.8) is 0 Å². The van der Waals surface area contributed by atoms with Gasteiger partial charge in [0.05, 0.1) is 16.5 Å². The molecule has 0 radical (unpaired) electrons. The predicted molar refractivity (Wildman–Crippen MR) is 76.3 cm³/mol. The normalized spacial score (nSPS) is 25.1. The van der Waals surface area contributed by atoms with E-state index in [-0.39, 0.29) is 23.8 Å². The highest BCUT2D eigenvalue weighted by Crippen LogP contribution is 2.47. The van der Waals surface area contributed by atoms with Gasteiger partial charge in [-0.3, -0.25) is 4.79 Å². The fourth-order valence-electron chi connectivity index (χ4n) is 2.94. The Morgan fingerprint density at radius 2 is 2.05 bits per heavy atom. The molecule has 3 nitrogen and oxygen atoms in total. The lowest BCUT2D eigenvalue weighted by atomic mass is 9.61. The summed E-state index contributed by atoms with van der Waals surface area (Å²) >= 11 is 5.83. The molecule has 1 aromatic carbocycles. The Kier molecular flexibility index (Phi) is 4.35. The molecule has 1 amide bonds. The zero-order valence-corrected chi connectivity index (χ0v) is 12.5. The summed E-state index contributed by atoms with van der Waals surface area (Å²) in [6.45, 7) is 4.90. The van der Waals surface area contributed by atoms with E-state index in [4.69, 9.17) is 11.6 Å². The van der Waals surface area contributed by atoms with E-state index in [1.165, 1.54) is 6.07 Å². The standard InChI is InChI=1S/C15H19ClFNO2/c1-3-18(4-2)14(20)15(8-10(19)9-15)11-6-5-7-12(16)13(11)17/h5-7,10,19H,3-4,8-9H2,1-2H3. The summed E-state index contributed by atoms with van der Waals surface area (Å²) in [4.78, 5) is 14.4. The van der Waals surface area contributed by atoms with Crippen molar-refractivity contribution in [2.75, 3.05) is 13.1 Å². The van der Waals surface area contributed by atoms with Crippen molar-refractivity contribution in [3.8, 4) is 0 Å². The van der Waals surface area contributed by atoms with Gasteiger partial charge in [-0.1, -0.05) is 23.7 Å². The number of hydrogen-bond acceptors (Lipinski definition) is 2. The van der Waals surface area contributed by atoms with E-state index < -0.39 is 17.3 Å². The molecule has 0 heterocycles. The largest absolute Gasteiger partial charge is 0.393 e. The average Bonchev–Trinajstić information content (AvgIpc) is 2.39. The molecule has 2 rings (SSSR count). The molecule has 5 heteroatoms. The minimum absolute atomic E-state index is 0.00983. The summed E-state index contributed by atoms with van der Waals surface area (Å²) in [5.74, 6) is -0.685. The maximum Gasteiger partial charge on any atom is 0.233 e. The maximum absolute atomic E-state index is 14.3. The highest BCUT2D eigenvalue weighted by Gasteiger charge is 2.53. The van der Waals surface area contributed by atoms with Crippen molar-refractivity contribution in [1.82, 2.24) is 4.90 Å². The Morgan fingerprint density at radius 3 is 2.55 bits per heavy atom. The van der Waals surface area contributed by atoms with Crippen LogP contribution in [0.2, 0.25) is 5.02 Å². The van der Waals surface area contributed by atoms with Crippen molar-refractivity contribution < 1.29 is 14.3 Å². The van der Waals surface area contributed by atoms with Crippen LogP contribution in [-0.2, 0) is 10.2 Å². The van der Waals surface area contributed by atoms with Gasteiger partial charge in [-0.2, -0.15) is 0 Å². The molecule has 1 N–H and O–H groups in total. The van der Waals surface area contributed by atoms with Crippen LogP contribution in [0.25, 0.3) is 0 Å². The Bertz CT molecular complexity index is 511. The number of carbonyl (C=O) groups is 1. The summed E-state index contributed by atoms with van der Waals surface area (Å²) in [6, 6.07) is 4.70. The van der Waals surface area contributed by atoms with Crippen molar-refractivity contribution >= 4 is 17.5 Å². The molecular weight excluding hydrogens is 281 g/mol. The van der Waals surface area contributed by atoms with Crippen molar-refractivity contribution in [1.29, 1.82) is 0 Å². The second kappa shape index (κ2) is 5.70. The summed E-state index contributed by atoms with van der Waals surface area (Å²) in [6.07, 6.45) is -0.0629. The van der Waals surface area contributed by atoms with Crippen LogP contribution in [0.1, 0.15) is 32.3 Å². The number of benzene rings is 1. The van der Waals surface area contributed by atoms with Gasteiger partial charge in [0.1, 0.15) is 5.82 Å². The van der Waals surface area contributed by atoms with Crippen molar-refractivity contribution in [2.45, 2.75) is 38.2 Å². The lowest BCUT2D eigenvalue weighted by molar-refractivity contribution is -0.146. The van der Waals surface area contributed by atoms with Gasteiger partial charge < -0.3 is 10.0 Å². The summed E-state index contributed by atoms with van der Waals surface area (Å²) in [5, 5.41) is 9.66.